The summed E-state index contributed by atoms with van der Waals surface area (Å²) in [5, 5.41) is 4.41. The van der Waals surface area contributed by atoms with Crippen LogP contribution in [0.15, 0.2) is 60.7 Å². The van der Waals surface area contributed by atoms with Gasteiger partial charge < -0.3 is 20.7 Å². The van der Waals surface area contributed by atoms with E-state index in [9.17, 15) is 14.4 Å². The number of nitrogens with one attached hydrogen (secondary N) is 2. The molecule has 1 aliphatic heterocycles. The molecule has 1 fully saturated rings. The Bertz CT molecular complexity index is 1070. The number of likely N-dealkylation sites (tertiary alicyclic amines) is 1. The first-order valence-corrected chi connectivity index (χ1v) is 13.0. The Hall–Kier alpha value is -3.27. The second-order valence-electron chi connectivity index (χ2n) is 10.9. The molecule has 2 aromatic carbocycles. The van der Waals surface area contributed by atoms with Gasteiger partial charge in [-0.25, -0.2) is 5.01 Å². The van der Waals surface area contributed by atoms with Crippen LogP contribution < -0.4 is 16.5 Å². The topological polar surface area (TPSA) is 117 Å². The van der Waals surface area contributed by atoms with Crippen LogP contribution in [0.1, 0.15) is 37.8 Å². The van der Waals surface area contributed by atoms with Crippen molar-refractivity contribution >= 4 is 17.7 Å². The third-order valence-corrected chi connectivity index (χ3v) is 6.67. The van der Waals surface area contributed by atoms with Crippen LogP contribution in [-0.2, 0) is 32.1 Å². The summed E-state index contributed by atoms with van der Waals surface area (Å²) in [4.78, 5) is 41.8. The predicted molar refractivity (Wildman–Crippen MR) is 147 cm³/mol. The summed E-state index contributed by atoms with van der Waals surface area (Å²) in [6, 6.07) is 18.5. The second-order valence-corrected chi connectivity index (χ2v) is 10.9. The molecule has 0 aliphatic carbocycles. The third-order valence-electron chi connectivity index (χ3n) is 6.67. The zero-order chi connectivity index (χ0) is 27.8. The van der Waals surface area contributed by atoms with Gasteiger partial charge in [0.05, 0.1) is 24.2 Å². The molecule has 0 bridgehead atoms. The van der Waals surface area contributed by atoms with Gasteiger partial charge in [0, 0.05) is 27.2 Å². The highest BCUT2D eigenvalue weighted by Gasteiger charge is 2.45. The highest BCUT2D eigenvalue weighted by atomic mass is 16.5. The normalized spacial score (nSPS) is 18.6. The molecule has 206 valence electrons. The Morgan fingerprint density at radius 1 is 1.05 bits per heavy atom. The van der Waals surface area contributed by atoms with Gasteiger partial charge in [-0.3, -0.25) is 19.8 Å². The zero-order valence-electron chi connectivity index (χ0n) is 22.9. The van der Waals surface area contributed by atoms with Crippen LogP contribution in [-0.4, -0.2) is 73.0 Å². The van der Waals surface area contributed by atoms with E-state index in [1.165, 1.54) is 0 Å². The minimum atomic E-state index is -1.16. The van der Waals surface area contributed by atoms with Crippen LogP contribution in [0.2, 0.25) is 0 Å². The van der Waals surface area contributed by atoms with E-state index in [0.29, 0.717) is 32.4 Å². The first-order chi connectivity index (χ1) is 18.0. The fraction of sp³-hybridized carbons (Fsp3) is 0.483. The van der Waals surface area contributed by atoms with Crippen LogP contribution in [0.3, 0.4) is 0 Å². The van der Waals surface area contributed by atoms with Crippen LogP contribution >= 0.6 is 0 Å². The number of nitrogens with zero attached hydrogens (tertiary/aromatic N) is 2. The lowest BCUT2D eigenvalue weighted by Gasteiger charge is -2.43. The molecule has 1 unspecified atom stereocenters. The first kappa shape index (κ1) is 29.3. The first-order valence-electron chi connectivity index (χ1n) is 13.0. The van der Waals surface area contributed by atoms with Crippen molar-refractivity contribution in [2.75, 3.05) is 33.8 Å². The minimum absolute atomic E-state index is 0.0123. The number of rotatable bonds is 11. The molecule has 0 spiro atoms. The number of carbonyl (C=O) groups excluding carboxylic acids is 3. The quantitative estimate of drug-likeness (QED) is 0.387. The highest BCUT2D eigenvalue weighted by molar-refractivity contribution is 5.92. The van der Waals surface area contributed by atoms with Crippen molar-refractivity contribution < 1.29 is 19.1 Å². The van der Waals surface area contributed by atoms with Crippen molar-refractivity contribution in [1.82, 2.24) is 20.7 Å². The molecule has 9 heteroatoms. The monoisotopic (exact) mass is 523 g/mol. The van der Waals surface area contributed by atoms with Gasteiger partial charge >= 0.3 is 0 Å². The summed E-state index contributed by atoms with van der Waals surface area (Å²) in [7, 11) is 3.54. The van der Waals surface area contributed by atoms with Crippen LogP contribution in [0.4, 0.5) is 0 Å². The minimum Gasteiger partial charge on any atom is -0.374 e. The number of carbonyl (C=O) groups is 3. The van der Waals surface area contributed by atoms with E-state index >= 15 is 0 Å². The molecule has 0 aromatic heterocycles. The van der Waals surface area contributed by atoms with Crippen molar-refractivity contribution in [3.63, 3.8) is 0 Å². The van der Waals surface area contributed by atoms with Gasteiger partial charge in [0.1, 0.15) is 6.04 Å². The second kappa shape index (κ2) is 13.0. The molecule has 9 nitrogen and oxygen atoms in total. The molecule has 0 radical (unpaired) electrons. The highest BCUT2D eigenvalue weighted by Crippen LogP contribution is 2.34. The fourth-order valence-corrected chi connectivity index (χ4v) is 4.65. The fourth-order valence-electron chi connectivity index (χ4n) is 4.65. The Morgan fingerprint density at radius 2 is 1.66 bits per heavy atom. The Morgan fingerprint density at radius 3 is 2.24 bits per heavy atom. The number of benzene rings is 2. The van der Waals surface area contributed by atoms with Crippen LogP contribution in [0, 0.1) is 5.41 Å². The zero-order valence-corrected chi connectivity index (χ0v) is 22.9. The van der Waals surface area contributed by atoms with Gasteiger partial charge in [-0.15, -0.1) is 0 Å². The summed E-state index contributed by atoms with van der Waals surface area (Å²) in [6.07, 6.45) is 1.80. The summed E-state index contributed by atoms with van der Waals surface area (Å²) < 4.78 is 5.87. The molecule has 4 N–H and O–H groups in total. The lowest BCUT2D eigenvalue weighted by Crippen LogP contribution is -2.61. The van der Waals surface area contributed by atoms with Crippen LogP contribution in [0.5, 0.6) is 0 Å². The largest absolute Gasteiger partial charge is 0.374 e. The standard InChI is InChI=1S/C29H41N5O4/c1-28(2,30)26(36)31-24(20-38-19-23-14-9-6-10-15-23)25(35)34-17-11-16-29(21-34,27(37)32-33(3)4)18-22-12-7-5-8-13-22/h5-10,12-15,24H,11,16-21,30H2,1-4H3,(H,31,36)(H,32,37)/t24-,29?/m1/s1. The maximum atomic E-state index is 13.8. The molecule has 1 aliphatic rings. The average Bonchev–Trinajstić information content (AvgIpc) is 2.88. The molecule has 1 saturated heterocycles. The molecule has 3 rings (SSSR count). The molecule has 38 heavy (non-hydrogen) atoms. The van der Waals surface area contributed by atoms with E-state index in [-0.39, 0.29) is 25.0 Å². The Kier molecular flexibility index (Phi) is 10.0. The van der Waals surface area contributed by atoms with E-state index in [1.807, 2.05) is 60.7 Å². The maximum Gasteiger partial charge on any atom is 0.247 e. The van der Waals surface area contributed by atoms with Crippen molar-refractivity contribution in [2.45, 2.75) is 51.3 Å². The van der Waals surface area contributed by atoms with E-state index < -0.39 is 22.9 Å². The molecular weight excluding hydrogens is 482 g/mol. The number of ether oxygens (including phenoxy) is 1. The maximum absolute atomic E-state index is 13.8. The van der Waals surface area contributed by atoms with Gasteiger partial charge in [0.2, 0.25) is 17.7 Å². The Labute approximate surface area is 225 Å². The number of hydrogen-bond acceptors (Lipinski definition) is 6. The average molecular weight is 524 g/mol. The lowest BCUT2D eigenvalue weighted by atomic mass is 9.74. The Balaban J connectivity index is 1.81. The summed E-state index contributed by atoms with van der Waals surface area (Å²) in [6.45, 7) is 4.19. The molecule has 2 aromatic rings. The van der Waals surface area contributed by atoms with E-state index in [0.717, 1.165) is 11.1 Å². The van der Waals surface area contributed by atoms with Gasteiger partial charge in [-0.2, -0.15) is 0 Å². The molecule has 0 saturated carbocycles. The van der Waals surface area contributed by atoms with Crippen molar-refractivity contribution in [1.29, 1.82) is 0 Å². The summed E-state index contributed by atoms with van der Waals surface area (Å²) in [5.41, 5.74) is 8.93. The van der Waals surface area contributed by atoms with E-state index in [1.54, 1.807) is 37.9 Å². The molecule has 1 heterocycles. The number of piperidine rings is 1. The van der Waals surface area contributed by atoms with Crippen molar-refractivity contribution in [3.8, 4) is 0 Å². The lowest BCUT2D eigenvalue weighted by molar-refractivity contribution is -0.147. The molecular formula is C29H41N5O4. The van der Waals surface area contributed by atoms with Crippen molar-refractivity contribution in [2.24, 2.45) is 11.1 Å². The van der Waals surface area contributed by atoms with Crippen molar-refractivity contribution in [3.05, 3.63) is 71.8 Å². The number of hydrazine groups is 1. The van der Waals surface area contributed by atoms with Gasteiger partial charge in [-0.05, 0) is 44.2 Å². The van der Waals surface area contributed by atoms with E-state index in [2.05, 4.69) is 10.7 Å². The van der Waals surface area contributed by atoms with Gasteiger partial charge in [-0.1, -0.05) is 60.7 Å². The SMILES string of the molecule is CN(C)NC(=O)C1(Cc2ccccc2)CCCN(C(=O)[C@@H](COCc2ccccc2)NC(=O)C(C)(C)N)C1. The molecule has 2 atom stereocenters. The molecule has 3 amide bonds. The number of nitrogens with two attached hydrogens (primary N) is 1. The number of amides is 3. The van der Waals surface area contributed by atoms with Gasteiger partial charge in [0.25, 0.3) is 0 Å². The van der Waals surface area contributed by atoms with Gasteiger partial charge in [0.15, 0.2) is 0 Å². The summed E-state index contributed by atoms with van der Waals surface area (Å²) in [5.74, 6) is -0.865. The smallest absolute Gasteiger partial charge is 0.247 e. The van der Waals surface area contributed by atoms with Crippen LogP contribution in [0.25, 0.3) is 0 Å². The third kappa shape index (κ3) is 8.11. The predicted octanol–water partition coefficient (Wildman–Crippen LogP) is 1.87. The van der Waals surface area contributed by atoms with E-state index in [4.69, 9.17) is 10.5 Å². The number of hydrogen-bond donors (Lipinski definition) is 3. The summed E-state index contributed by atoms with van der Waals surface area (Å²) >= 11 is 0.